The monoisotopic (exact) mass is 528 g/mol. The zero-order valence-electron chi connectivity index (χ0n) is 22.4. The van der Waals surface area contributed by atoms with Crippen molar-refractivity contribution in [3.63, 3.8) is 0 Å². The van der Waals surface area contributed by atoms with Crippen LogP contribution in [-0.2, 0) is 19.6 Å². The summed E-state index contributed by atoms with van der Waals surface area (Å²) in [6.45, 7) is 5.35. The number of anilines is 1. The second kappa shape index (κ2) is 11.8. The van der Waals surface area contributed by atoms with E-state index in [9.17, 15) is 14.7 Å². The first-order valence-corrected chi connectivity index (χ1v) is 13.6. The highest BCUT2D eigenvalue weighted by atomic mass is 16.5. The van der Waals surface area contributed by atoms with E-state index in [4.69, 9.17) is 10.5 Å². The van der Waals surface area contributed by atoms with Crippen molar-refractivity contribution >= 4 is 17.5 Å². The predicted molar refractivity (Wildman–Crippen MR) is 151 cm³/mol. The molecule has 0 unspecified atom stereocenters. The second-order valence-corrected chi connectivity index (χ2v) is 10.4. The molecule has 5 rings (SSSR count). The molecule has 0 saturated carbocycles. The number of phenols is 1. The largest absolute Gasteiger partial charge is 0.507 e. The maximum absolute atomic E-state index is 13.5. The lowest BCUT2D eigenvalue weighted by molar-refractivity contribution is 0.0752. The zero-order chi connectivity index (χ0) is 27.4. The number of nitrogens with two attached hydrogens (primary N) is 1. The molecule has 39 heavy (non-hydrogen) atoms. The number of benzene rings is 3. The van der Waals surface area contributed by atoms with E-state index in [2.05, 4.69) is 4.90 Å². The summed E-state index contributed by atoms with van der Waals surface area (Å²) in [6.07, 6.45) is 3.57. The Bertz CT molecular complexity index is 1340. The van der Waals surface area contributed by atoms with Crippen molar-refractivity contribution in [2.75, 3.05) is 39.0 Å². The summed E-state index contributed by atoms with van der Waals surface area (Å²) in [4.78, 5) is 32.4. The molecule has 3 aromatic rings. The van der Waals surface area contributed by atoms with Crippen molar-refractivity contribution < 1.29 is 19.4 Å². The van der Waals surface area contributed by atoms with E-state index in [1.807, 2.05) is 48.5 Å². The number of carbonyl (C=O) groups is 2. The molecule has 0 radical (unpaired) electrons. The van der Waals surface area contributed by atoms with Crippen LogP contribution in [0.4, 0.5) is 5.69 Å². The quantitative estimate of drug-likeness (QED) is 0.318. The molecule has 0 spiro atoms. The van der Waals surface area contributed by atoms with E-state index >= 15 is 0 Å². The fourth-order valence-electron chi connectivity index (χ4n) is 5.35. The summed E-state index contributed by atoms with van der Waals surface area (Å²) < 4.78 is 5.99. The van der Waals surface area contributed by atoms with Crippen LogP contribution in [-0.4, -0.2) is 64.9 Å². The second-order valence-electron chi connectivity index (χ2n) is 10.4. The number of rotatable bonds is 9. The molecular weight excluding hydrogens is 492 g/mol. The van der Waals surface area contributed by atoms with Crippen LogP contribution in [0.5, 0.6) is 11.5 Å². The fraction of sp³-hybridized carbons (Fsp3) is 0.355. The Morgan fingerprint density at radius 2 is 1.72 bits per heavy atom. The number of likely N-dealkylation sites (tertiary alicyclic amines) is 1. The van der Waals surface area contributed by atoms with Gasteiger partial charge in [-0.15, -0.1) is 0 Å². The van der Waals surface area contributed by atoms with E-state index < -0.39 is 0 Å². The summed E-state index contributed by atoms with van der Waals surface area (Å²) in [5.41, 5.74) is 9.59. The van der Waals surface area contributed by atoms with E-state index in [-0.39, 0.29) is 34.4 Å². The van der Waals surface area contributed by atoms with Gasteiger partial charge in [0.25, 0.3) is 11.8 Å². The van der Waals surface area contributed by atoms with E-state index in [1.54, 1.807) is 11.9 Å². The van der Waals surface area contributed by atoms with Gasteiger partial charge in [-0.05, 0) is 67.2 Å². The van der Waals surface area contributed by atoms with Gasteiger partial charge in [-0.3, -0.25) is 9.59 Å². The van der Waals surface area contributed by atoms with Gasteiger partial charge in [-0.2, -0.15) is 0 Å². The molecule has 2 aliphatic heterocycles. The minimum Gasteiger partial charge on any atom is -0.507 e. The third-order valence-electron chi connectivity index (χ3n) is 7.51. The van der Waals surface area contributed by atoms with Crippen molar-refractivity contribution in [2.45, 2.75) is 38.9 Å². The molecule has 2 amide bonds. The lowest BCUT2D eigenvalue weighted by Crippen LogP contribution is -2.28. The van der Waals surface area contributed by atoms with Crippen LogP contribution >= 0.6 is 0 Å². The molecule has 0 aromatic heterocycles. The number of carbonyl (C=O) groups excluding carboxylic acids is 2. The van der Waals surface area contributed by atoms with E-state index in [0.717, 1.165) is 35.4 Å². The Morgan fingerprint density at radius 1 is 0.974 bits per heavy atom. The molecule has 8 heteroatoms. The summed E-state index contributed by atoms with van der Waals surface area (Å²) in [5.74, 6) is -0.105. The van der Waals surface area contributed by atoms with Gasteiger partial charge < -0.3 is 30.3 Å². The summed E-state index contributed by atoms with van der Waals surface area (Å²) >= 11 is 0. The van der Waals surface area contributed by atoms with Crippen LogP contribution in [0.25, 0.3) is 0 Å². The van der Waals surface area contributed by atoms with Crippen LogP contribution in [0.2, 0.25) is 0 Å². The van der Waals surface area contributed by atoms with Crippen molar-refractivity contribution in [3.05, 3.63) is 88.5 Å². The Hall–Kier alpha value is -4.04. The SMILES string of the molecule is CN(Cc1ccccc1)C(=O)c1cc(C(=O)N2Cc3ccc(OCCCN4CCCC4)cc3C2)c(N)cc1O. The molecule has 0 bridgehead atoms. The fourth-order valence-corrected chi connectivity index (χ4v) is 5.35. The summed E-state index contributed by atoms with van der Waals surface area (Å²) in [6, 6.07) is 18.2. The van der Waals surface area contributed by atoms with Crippen LogP contribution in [0.1, 0.15) is 56.7 Å². The normalized spacial score (nSPS) is 14.8. The minimum absolute atomic E-state index is 0.0484. The number of phenolic OH excluding ortho intramolecular Hbond substituents is 1. The molecule has 2 aliphatic rings. The number of hydrogen-bond donors (Lipinski definition) is 2. The lowest BCUT2D eigenvalue weighted by atomic mass is 10.0. The van der Waals surface area contributed by atoms with Gasteiger partial charge in [-0.1, -0.05) is 36.4 Å². The molecular formula is C31H36N4O4. The highest BCUT2D eigenvalue weighted by Gasteiger charge is 2.28. The van der Waals surface area contributed by atoms with Gasteiger partial charge in [0, 0.05) is 45.0 Å². The molecule has 204 valence electrons. The van der Waals surface area contributed by atoms with E-state index in [1.165, 1.54) is 43.0 Å². The molecule has 0 atom stereocenters. The van der Waals surface area contributed by atoms with Crippen LogP contribution < -0.4 is 10.5 Å². The van der Waals surface area contributed by atoms with Crippen LogP contribution in [0, 0.1) is 0 Å². The van der Waals surface area contributed by atoms with Gasteiger partial charge in [0.2, 0.25) is 0 Å². The third kappa shape index (κ3) is 6.17. The van der Waals surface area contributed by atoms with Gasteiger partial charge >= 0.3 is 0 Å². The smallest absolute Gasteiger partial charge is 0.257 e. The standard InChI is InChI=1S/C31H36N4O4/c1-33(19-22-8-3-2-4-9-22)30(37)27-17-26(28(32)18-29(27)36)31(38)35-20-23-10-11-25(16-24(23)21-35)39-15-7-14-34-12-5-6-13-34/h2-4,8-11,16-18,36H,5-7,12-15,19-21,32H2,1H3. The Balaban J connectivity index is 1.23. The highest BCUT2D eigenvalue weighted by Crippen LogP contribution is 2.31. The number of nitrogen functional groups attached to an aromatic ring is 1. The third-order valence-corrected chi connectivity index (χ3v) is 7.51. The number of hydrogen-bond acceptors (Lipinski definition) is 6. The average Bonchev–Trinajstić information content (AvgIpc) is 3.61. The number of aromatic hydroxyl groups is 1. The van der Waals surface area contributed by atoms with Crippen LogP contribution in [0.3, 0.4) is 0 Å². The Labute approximate surface area is 229 Å². The molecule has 1 fully saturated rings. The maximum atomic E-state index is 13.5. The summed E-state index contributed by atoms with van der Waals surface area (Å²) in [7, 11) is 1.66. The molecule has 3 N–H and O–H groups in total. The molecule has 8 nitrogen and oxygen atoms in total. The number of ether oxygens (including phenoxy) is 1. The number of nitrogens with zero attached hydrogens (tertiary/aromatic N) is 3. The van der Waals surface area contributed by atoms with Crippen molar-refractivity contribution in [3.8, 4) is 11.5 Å². The predicted octanol–water partition coefficient (Wildman–Crippen LogP) is 4.27. The molecule has 0 aliphatic carbocycles. The van der Waals surface area contributed by atoms with Crippen LogP contribution in [0.15, 0.2) is 60.7 Å². The van der Waals surface area contributed by atoms with Crippen molar-refractivity contribution in [2.24, 2.45) is 0 Å². The zero-order valence-corrected chi connectivity index (χ0v) is 22.4. The molecule has 2 heterocycles. The first-order chi connectivity index (χ1) is 18.9. The first-order valence-electron chi connectivity index (χ1n) is 13.6. The number of fused-ring (bicyclic) bond motifs is 1. The maximum Gasteiger partial charge on any atom is 0.257 e. The van der Waals surface area contributed by atoms with Gasteiger partial charge in [0.05, 0.1) is 17.7 Å². The Kier molecular flexibility index (Phi) is 8.02. The first kappa shape index (κ1) is 26.6. The molecule has 3 aromatic carbocycles. The van der Waals surface area contributed by atoms with Crippen molar-refractivity contribution in [1.29, 1.82) is 0 Å². The molecule has 1 saturated heterocycles. The lowest BCUT2D eigenvalue weighted by Gasteiger charge is -2.20. The van der Waals surface area contributed by atoms with Gasteiger partial charge in [0.15, 0.2) is 0 Å². The Morgan fingerprint density at radius 3 is 2.49 bits per heavy atom. The van der Waals surface area contributed by atoms with Gasteiger partial charge in [-0.25, -0.2) is 0 Å². The summed E-state index contributed by atoms with van der Waals surface area (Å²) in [5, 5.41) is 10.5. The average molecular weight is 529 g/mol. The highest BCUT2D eigenvalue weighted by molar-refractivity contribution is 6.04. The number of amides is 2. The van der Waals surface area contributed by atoms with Gasteiger partial charge in [0.1, 0.15) is 11.5 Å². The van der Waals surface area contributed by atoms with E-state index in [0.29, 0.717) is 26.2 Å². The topological polar surface area (TPSA) is 99.3 Å². The van der Waals surface area contributed by atoms with Crippen molar-refractivity contribution in [1.82, 2.24) is 14.7 Å². The minimum atomic E-state index is -0.387.